The van der Waals surface area contributed by atoms with E-state index in [1.54, 1.807) is 6.07 Å². The third-order valence-electron chi connectivity index (χ3n) is 3.01. The Morgan fingerprint density at radius 1 is 1.53 bits per heavy atom. The molecule has 17 heavy (non-hydrogen) atoms. The number of nitrogens with one attached hydrogen (secondary N) is 1. The summed E-state index contributed by atoms with van der Waals surface area (Å²) in [4.78, 5) is 15.6. The number of pyridine rings is 1. The smallest absolute Gasteiger partial charge is 0.273 e. The van der Waals surface area contributed by atoms with Crippen LogP contribution in [0.3, 0.4) is 0 Å². The molecule has 0 spiro atoms. The van der Waals surface area contributed by atoms with Gasteiger partial charge in [-0.15, -0.1) is 0 Å². The van der Waals surface area contributed by atoms with E-state index in [0.717, 1.165) is 12.8 Å². The summed E-state index contributed by atoms with van der Waals surface area (Å²) in [6.45, 7) is 4.33. The molecule has 5 heteroatoms. The van der Waals surface area contributed by atoms with Crippen molar-refractivity contribution in [3.63, 3.8) is 0 Å². The average molecular weight is 237 g/mol. The zero-order valence-corrected chi connectivity index (χ0v) is 10.2. The molecule has 1 aromatic heterocycles. The second kappa shape index (κ2) is 5.63. The summed E-state index contributed by atoms with van der Waals surface area (Å²) in [5.74, 6) is -0.527. The van der Waals surface area contributed by atoms with Gasteiger partial charge in [0.05, 0.1) is 0 Å². The standard InChI is InChI=1S/C12H19N3O2/c1-3-12(13,4-2)8-15-11(17)10-9(16)6-5-7-14-10/h5-7,16H,3-4,8,13H2,1-2H3,(H,15,17). The van der Waals surface area contributed by atoms with E-state index >= 15 is 0 Å². The van der Waals surface area contributed by atoms with Gasteiger partial charge in [0.2, 0.25) is 0 Å². The summed E-state index contributed by atoms with van der Waals surface area (Å²) in [7, 11) is 0. The van der Waals surface area contributed by atoms with Crippen LogP contribution in [0, 0.1) is 0 Å². The number of amides is 1. The Balaban J connectivity index is 2.65. The summed E-state index contributed by atoms with van der Waals surface area (Å²) < 4.78 is 0. The first kappa shape index (κ1) is 13.4. The van der Waals surface area contributed by atoms with Gasteiger partial charge in [0, 0.05) is 18.3 Å². The fourth-order valence-corrected chi connectivity index (χ4v) is 1.41. The number of aromatic nitrogens is 1. The van der Waals surface area contributed by atoms with Gasteiger partial charge in [-0.1, -0.05) is 13.8 Å². The van der Waals surface area contributed by atoms with Gasteiger partial charge in [-0.2, -0.15) is 0 Å². The highest BCUT2D eigenvalue weighted by atomic mass is 16.3. The van der Waals surface area contributed by atoms with Crippen LogP contribution in [0.5, 0.6) is 5.75 Å². The van der Waals surface area contributed by atoms with Crippen molar-refractivity contribution in [1.82, 2.24) is 10.3 Å². The Hall–Kier alpha value is -1.62. The molecule has 0 aliphatic rings. The molecule has 0 aliphatic carbocycles. The number of nitrogens with two attached hydrogens (primary N) is 1. The van der Waals surface area contributed by atoms with Crippen molar-refractivity contribution >= 4 is 5.91 Å². The lowest BCUT2D eigenvalue weighted by atomic mass is 9.94. The van der Waals surface area contributed by atoms with Gasteiger partial charge in [0.1, 0.15) is 5.75 Å². The molecule has 0 saturated heterocycles. The van der Waals surface area contributed by atoms with E-state index in [1.165, 1.54) is 12.3 Å². The molecule has 0 fully saturated rings. The van der Waals surface area contributed by atoms with Gasteiger partial charge in [0.25, 0.3) is 5.91 Å². The fourth-order valence-electron chi connectivity index (χ4n) is 1.41. The topological polar surface area (TPSA) is 88.2 Å². The van der Waals surface area contributed by atoms with Crippen molar-refractivity contribution in [3.05, 3.63) is 24.0 Å². The monoisotopic (exact) mass is 237 g/mol. The Morgan fingerprint density at radius 3 is 2.71 bits per heavy atom. The Labute approximate surface area is 101 Å². The predicted octanol–water partition coefficient (Wildman–Crippen LogP) is 1.03. The van der Waals surface area contributed by atoms with E-state index in [4.69, 9.17) is 5.73 Å². The van der Waals surface area contributed by atoms with Gasteiger partial charge in [-0.25, -0.2) is 4.98 Å². The predicted molar refractivity (Wildman–Crippen MR) is 65.7 cm³/mol. The molecule has 0 aromatic carbocycles. The number of carbonyl (C=O) groups excluding carboxylic acids is 1. The third-order valence-corrected chi connectivity index (χ3v) is 3.01. The minimum absolute atomic E-state index is 0.0297. The van der Waals surface area contributed by atoms with Crippen LogP contribution < -0.4 is 11.1 Å². The summed E-state index contributed by atoms with van der Waals surface area (Å²) in [6, 6.07) is 2.99. The van der Waals surface area contributed by atoms with Crippen LogP contribution in [-0.4, -0.2) is 28.1 Å². The molecule has 94 valence electrons. The van der Waals surface area contributed by atoms with Crippen molar-refractivity contribution in [3.8, 4) is 5.75 Å². The maximum absolute atomic E-state index is 11.8. The van der Waals surface area contributed by atoms with E-state index in [2.05, 4.69) is 10.3 Å². The van der Waals surface area contributed by atoms with Crippen LogP contribution >= 0.6 is 0 Å². The number of aromatic hydroxyl groups is 1. The van der Waals surface area contributed by atoms with Crippen LogP contribution in [0.15, 0.2) is 18.3 Å². The largest absolute Gasteiger partial charge is 0.505 e. The number of carbonyl (C=O) groups is 1. The van der Waals surface area contributed by atoms with Gasteiger partial charge in [-0.3, -0.25) is 4.79 Å². The second-order valence-electron chi connectivity index (χ2n) is 4.12. The Bertz CT molecular complexity index is 389. The zero-order valence-electron chi connectivity index (χ0n) is 10.2. The average Bonchev–Trinajstić information content (AvgIpc) is 2.36. The molecule has 1 heterocycles. The minimum atomic E-state index is -0.403. The van der Waals surface area contributed by atoms with Crippen molar-refractivity contribution in [2.75, 3.05) is 6.54 Å². The normalized spacial score (nSPS) is 11.2. The summed E-state index contributed by atoms with van der Waals surface area (Å²) >= 11 is 0. The van der Waals surface area contributed by atoms with Gasteiger partial charge >= 0.3 is 0 Å². The van der Waals surface area contributed by atoms with Gasteiger partial charge < -0.3 is 16.2 Å². The molecule has 1 amide bonds. The lowest BCUT2D eigenvalue weighted by Crippen LogP contribution is -2.49. The van der Waals surface area contributed by atoms with Crippen LogP contribution in [0.2, 0.25) is 0 Å². The van der Waals surface area contributed by atoms with E-state index in [-0.39, 0.29) is 11.4 Å². The first-order valence-corrected chi connectivity index (χ1v) is 5.73. The molecule has 0 atom stereocenters. The summed E-state index contributed by atoms with van der Waals surface area (Å²) in [6.07, 6.45) is 3.01. The SMILES string of the molecule is CCC(N)(CC)CNC(=O)c1ncccc1O. The minimum Gasteiger partial charge on any atom is -0.505 e. The second-order valence-corrected chi connectivity index (χ2v) is 4.12. The maximum atomic E-state index is 11.8. The molecule has 4 N–H and O–H groups in total. The summed E-state index contributed by atoms with van der Waals surface area (Å²) in [5, 5.41) is 12.2. The van der Waals surface area contributed by atoms with Crippen molar-refractivity contribution in [2.24, 2.45) is 5.73 Å². The molecule has 1 aromatic rings. The van der Waals surface area contributed by atoms with Crippen molar-refractivity contribution < 1.29 is 9.90 Å². The molecular formula is C12H19N3O2. The van der Waals surface area contributed by atoms with E-state index in [9.17, 15) is 9.90 Å². The first-order valence-electron chi connectivity index (χ1n) is 5.73. The van der Waals surface area contributed by atoms with Crippen molar-refractivity contribution in [1.29, 1.82) is 0 Å². The molecule has 0 aliphatic heterocycles. The molecule has 5 nitrogen and oxygen atoms in total. The first-order chi connectivity index (χ1) is 8.02. The number of rotatable bonds is 5. The fraction of sp³-hybridized carbons (Fsp3) is 0.500. The van der Waals surface area contributed by atoms with Crippen LogP contribution in [-0.2, 0) is 0 Å². The van der Waals surface area contributed by atoms with E-state index < -0.39 is 11.4 Å². The zero-order chi connectivity index (χ0) is 12.9. The van der Waals surface area contributed by atoms with E-state index in [0.29, 0.717) is 6.54 Å². The van der Waals surface area contributed by atoms with Gasteiger partial charge in [-0.05, 0) is 25.0 Å². The van der Waals surface area contributed by atoms with Crippen LogP contribution in [0.1, 0.15) is 37.2 Å². The molecule has 0 unspecified atom stereocenters. The third kappa shape index (κ3) is 3.42. The molecule has 0 radical (unpaired) electrons. The number of hydrogen-bond acceptors (Lipinski definition) is 4. The molecule has 1 rings (SSSR count). The lowest BCUT2D eigenvalue weighted by molar-refractivity contribution is 0.0934. The quantitative estimate of drug-likeness (QED) is 0.713. The highest BCUT2D eigenvalue weighted by Gasteiger charge is 2.22. The number of nitrogens with zero attached hydrogens (tertiary/aromatic N) is 1. The highest BCUT2D eigenvalue weighted by Crippen LogP contribution is 2.13. The molecule has 0 saturated carbocycles. The van der Waals surface area contributed by atoms with Crippen molar-refractivity contribution in [2.45, 2.75) is 32.2 Å². The van der Waals surface area contributed by atoms with E-state index in [1.807, 2.05) is 13.8 Å². The molecular weight excluding hydrogens is 218 g/mol. The molecule has 0 bridgehead atoms. The summed E-state index contributed by atoms with van der Waals surface area (Å²) in [5.41, 5.74) is 5.69. The van der Waals surface area contributed by atoms with Crippen LogP contribution in [0.4, 0.5) is 0 Å². The Kier molecular flexibility index (Phi) is 4.45. The Morgan fingerprint density at radius 2 is 2.18 bits per heavy atom. The maximum Gasteiger partial charge on any atom is 0.273 e. The van der Waals surface area contributed by atoms with Gasteiger partial charge in [0.15, 0.2) is 5.69 Å². The lowest BCUT2D eigenvalue weighted by Gasteiger charge is -2.26. The number of hydrogen-bond donors (Lipinski definition) is 3. The van der Waals surface area contributed by atoms with Crippen LogP contribution in [0.25, 0.3) is 0 Å². The highest BCUT2D eigenvalue weighted by molar-refractivity contribution is 5.94.